The van der Waals surface area contributed by atoms with Gasteiger partial charge in [-0.05, 0) is 19.3 Å². The summed E-state index contributed by atoms with van der Waals surface area (Å²) in [6.07, 6.45) is 4.96. The molecule has 7 heteroatoms. The lowest BCUT2D eigenvalue weighted by Gasteiger charge is -2.23. The number of rotatable bonds is 3. The van der Waals surface area contributed by atoms with Crippen LogP contribution in [-0.2, 0) is 4.74 Å². The maximum atomic E-state index is 5.79. The van der Waals surface area contributed by atoms with Gasteiger partial charge in [-0.25, -0.2) is 4.68 Å². The van der Waals surface area contributed by atoms with Crippen LogP contribution in [0.3, 0.4) is 0 Å². The number of fused-ring (bicyclic) bond motifs is 1. The van der Waals surface area contributed by atoms with Crippen molar-refractivity contribution in [2.45, 2.75) is 25.5 Å². The Kier molecular flexibility index (Phi) is 3.43. The van der Waals surface area contributed by atoms with Crippen LogP contribution in [0.15, 0.2) is 6.20 Å². The lowest BCUT2D eigenvalue weighted by atomic mass is 10.2. The first kappa shape index (κ1) is 13.1. The second kappa shape index (κ2) is 5.24. The van der Waals surface area contributed by atoms with Gasteiger partial charge in [0, 0.05) is 20.7 Å². The average molecular weight is 277 g/mol. The second-order valence-corrected chi connectivity index (χ2v) is 5.08. The Morgan fingerprint density at radius 3 is 2.85 bits per heavy atom. The molecule has 1 saturated heterocycles. The van der Waals surface area contributed by atoms with Gasteiger partial charge in [0.1, 0.15) is 5.82 Å². The number of anilines is 1. The molecule has 0 bridgehead atoms. The zero-order valence-electron chi connectivity index (χ0n) is 12.0. The quantitative estimate of drug-likeness (QED) is 0.849. The van der Waals surface area contributed by atoms with Crippen molar-refractivity contribution < 1.29 is 9.47 Å². The Balaban J connectivity index is 2.12. The number of aromatic nitrogens is 4. The molecule has 0 aliphatic carbocycles. The number of nitrogens with zero attached hydrogens (tertiary/aromatic N) is 5. The van der Waals surface area contributed by atoms with Crippen LogP contribution in [0.2, 0.25) is 0 Å². The van der Waals surface area contributed by atoms with Gasteiger partial charge in [-0.3, -0.25) is 0 Å². The molecule has 0 N–H and O–H groups in total. The fourth-order valence-corrected chi connectivity index (χ4v) is 2.45. The lowest BCUT2D eigenvalue weighted by Crippen LogP contribution is -2.19. The molecule has 2 aromatic rings. The van der Waals surface area contributed by atoms with Crippen LogP contribution in [0.25, 0.3) is 11.0 Å². The summed E-state index contributed by atoms with van der Waals surface area (Å²) in [6.45, 7) is 0.773. The first-order chi connectivity index (χ1) is 9.70. The number of hydrogen-bond donors (Lipinski definition) is 0. The van der Waals surface area contributed by atoms with Gasteiger partial charge in [0.05, 0.1) is 18.7 Å². The monoisotopic (exact) mass is 277 g/mol. The van der Waals surface area contributed by atoms with E-state index in [0.29, 0.717) is 6.01 Å². The maximum absolute atomic E-state index is 5.79. The van der Waals surface area contributed by atoms with Gasteiger partial charge >= 0.3 is 6.01 Å². The molecule has 0 saturated carbocycles. The minimum atomic E-state index is -0.0455. The van der Waals surface area contributed by atoms with Gasteiger partial charge in [-0.15, -0.1) is 0 Å². The summed E-state index contributed by atoms with van der Waals surface area (Å²) in [5.74, 6) is 0.800. The third-order valence-corrected chi connectivity index (χ3v) is 3.45. The van der Waals surface area contributed by atoms with Gasteiger partial charge < -0.3 is 14.4 Å². The molecular weight excluding hydrogens is 258 g/mol. The zero-order chi connectivity index (χ0) is 14.1. The molecular formula is C13H19N5O2. The van der Waals surface area contributed by atoms with E-state index in [2.05, 4.69) is 15.1 Å². The molecule has 1 atom stereocenters. The first-order valence-corrected chi connectivity index (χ1v) is 6.79. The summed E-state index contributed by atoms with van der Waals surface area (Å²) in [7, 11) is 5.45. The Morgan fingerprint density at radius 2 is 2.20 bits per heavy atom. The molecule has 0 amide bonds. The van der Waals surface area contributed by atoms with E-state index >= 15 is 0 Å². The van der Waals surface area contributed by atoms with Crippen LogP contribution < -0.4 is 9.64 Å². The summed E-state index contributed by atoms with van der Waals surface area (Å²) in [4.78, 5) is 10.7. The molecule has 0 spiro atoms. The normalized spacial score (nSPS) is 19.2. The molecule has 7 nitrogen and oxygen atoms in total. The van der Waals surface area contributed by atoms with E-state index in [9.17, 15) is 0 Å². The highest BCUT2D eigenvalue weighted by Crippen LogP contribution is 2.29. The van der Waals surface area contributed by atoms with Crippen molar-refractivity contribution in [1.29, 1.82) is 0 Å². The molecule has 108 valence electrons. The highest BCUT2D eigenvalue weighted by Gasteiger charge is 2.22. The molecule has 3 rings (SSSR count). The topological polar surface area (TPSA) is 65.3 Å². The van der Waals surface area contributed by atoms with Gasteiger partial charge in [0.2, 0.25) is 0 Å². The van der Waals surface area contributed by atoms with Crippen molar-refractivity contribution in [3.63, 3.8) is 0 Å². The van der Waals surface area contributed by atoms with Crippen LogP contribution in [0.4, 0.5) is 5.82 Å². The van der Waals surface area contributed by atoms with Crippen LogP contribution in [0.5, 0.6) is 6.01 Å². The highest BCUT2D eigenvalue weighted by atomic mass is 16.5. The van der Waals surface area contributed by atoms with Crippen LogP contribution in [0.1, 0.15) is 25.5 Å². The minimum absolute atomic E-state index is 0.0455. The third kappa shape index (κ3) is 2.18. The third-order valence-electron chi connectivity index (χ3n) is 3.45. The fraction of sp³-hybridized carbons (Fsp3) is 0.615. The maximum Gasteiger partial charge on any atom is 0.320 e. The van der Waals surface area contributed by atoms with Crippen molar-refractivity contribution in [1.82, 2.24) is 19.7 Å². The molecule has 0 radical (unpaired) electrons. The predicted octanol–water partition coefficient (Wildman–Crippen LogP) is 1.60. The predicted molar refractivity (Wildman–Crippen MR) is 75.0 cm³/mol. The van der Waals surface area contributed by atoms with Gasteiger partial charge in [-0.2, -0.15) is 15.1 Å². The number of methoxy groups -OCH3 is 1. The van der Waals surface area contributed by atoms with Crippen molar-refractivity contribution in [2.75, 3.05) is 32.7 Å². The summed E-state index contributed by atoms with van der Waals surface area (Å²) in [5.41, 5.74) is 0.757. The SMILES string of the molecule is COc1nc(N(C)C)c2cnn(C3CCCCO3)c2n1. The Morgan fingerprint density at radius 1 is 1.35 bits per heavy atom. The van der Waals surface area contributed by atoms with Gasteiger partial charge in [-0.1, -0.05) is 0 Å². The summed E-state index contributed by atoms with van der Waals surface area (Å²) >= 11 is 0. The fourth-order valence-electron chi connectivity index (χ4n) is 2.45. The molecule has 1 aliphatic rings. The molecule has 2 aromatic heterocycles. The first-order valence-electron chi connectivity index (χ1n) is 6.79. The second-order valence-electron chi connectivity index (χ2n) is 5.08. The summed E-state index contributed by atoms with van der Waals surface area (Å²) in [5, 5.41) is 5.35. The molecule has 3 heterocycles. The van der Waals surface area contributed by atoms with Crippen LogP contribution in [0, 0.1) is 0 Å². The van der Waals surface area contributed by atoms with Crippen LogP contribution in [-0.4, -0.2) is 47.6 Å². The van der Waals surface area contributed by atoms with E-state index in [0.717, 1.165) is 42.7 Å². The van der Waals surface area contributed by atoms with Crippen molar-refractivity contribution in [3.05, 3.63) is 6.20 Å². The zero-order valence-corrected chi connectivity index (χ0v) is 12.0. The van der Waals surface area contributed by atoms with E-state index in [-0.39, 0.29) is 6.23 Å². The Hall–Kier alpha value is -1.89. The molecule has 20 heavy (non-hydrogen) atoms. The highest BCUT2D eigenvalue weighted by molar-refractivity contribution is 5.87. The van der Waals surface area contributed by atoms with E-state index < -0.39 is 0 Å². The standard InChI is InChI=1S/C13H19N5O2/c1-17(2)11-9-8-14-18(10-6-4-5-7-20-10)12(9)16-13(15-11)19-3/h8,10H,4-7H2,1-3H3. The minimum Gasteiger partial charge on any atom is -0.467 e. The van der Waals surface area contributed by atoms with Gasteiger partial charge in [0.15, 0.2) is 11.9 Å². The van der Waals surface area contributed by atoms with E-state index in [1.165, 1.54) is 0 Å². The van der Waals surface area contributed by atoms with E-state index in [4.69, 9.17) is 9.47 Å². The Labute approximate surface area is 117 Å². The molecule has 1 unspecified atom stereocenters. The smallest absolute Gasteiger partial charge is 0.320 e. The molecule has 1 fully saturated rings. The lowest BCUT2D eigenvalue weighted by molar-refractivity contribution is -0.0370. The van der Waals surface area contributed by atoms with Crippen molar-refractivity contribution in [3.8, 4) is 6.01 Å². The van der Waals surface area contributed by atoms with E-state index in [1.807, 2.05) is 23.7 Å². The van der Waals surface area contributed by atoms with Crippen molar-refractivity contribution in [2.24, 2.45) is 0 Å². The number of ether oxygens (including phenoxy) is 2. The average Bonchev–Trinajstić information content (AvgIpc) is 2.90. The molecule has 0 aromatic carbocycles. The van der Waals surface area contributed by atoms with E-state index in [1.54, 1.807) is 13.3 Å². The molecule has 1 aliphatic heterocycles. The summed E-state index contributed by atoms with van der Waals surface area (Å²) in [6, 6.07) is 0.346. The van der Waals surface area contributed by atoms with Crippen molar-refractivity contribution >= 4 is 16.9 Å². The Bertz CT molecular complexity index is 604. The largest absolute Gasteiger partial charge is 0.467 e. The van der Waals surface area contributed by atoms with Gasteiger partial charge in [0.25, 0.3) is 0 Å². The van der Waals surface area contributed by atoms with Crippen LogP contribution >= 0.6 is 0 Å². The number of hydrogen-bond acceptors (Lipinski definition) is 6. The summed E-state index contributed by atoms with van der Waals surface area (Å²) < 4.78 is 12.8.